The van der Waals surface area contributed by atoms with E-state index in [-0.39, 0.29) is 11.9 Å². The lowest BCUT2D eigenvalue weighted by atomic mass is 9.75. The van der Waals surface area contributed by atoms with Crippen molar-refractivity contribution in [1.29, 1.82) is 0 Å². The number of nitrogens with zero attached hydrogens (tertiary/aromatic N) is 1. The third-order valence-electron chi connectivity index (χ3n) is 4.68. The molecule has 0 amide bonds. The Bertz CT molecular complexity index is 445. The van der Waals surface area contributed by atoms with E-state index in [0.717, 1.165) is 6.42 Å². The second kappa shape index (κ2) is 4.39. The number of methoxy groups -OCH3 is 1. The molecule has 2 aliphatic heterocycles. The molecule has 1 aromatic rings. The molecule has 2 bridgehead atoms. The molecule has 18 heavy (non-hydrogen) atoms. The van der Waals surface area contributed by atoms with Gasteiger partial charge in [0.2, 0.25) is 0 Å². The van der Waals surface area contributed by atoms with E-state index in [1.807, 2.05) is 6.07 Å². The largest absolute Gasteiger partial charge is 0.469 e. The van der Waals surface area contributed by atoms with Crippen molar-refractivity contribution in [1.82, 2.24) is 4.90 Å². The van der Waals surface area contributed by atoms with Crippen LogP contribution in [0.5, 0.6) is 0 Å². The number of benzene rings is 1. The molecule has 1 aromatic carbocycles. The lowest BCUT2D eigenvalue weighted by Gasteiger charge is -2.27. The monoisotopic (exact) mass is 245 g/mol. The number of carbonyl (C=O) groups is 1. The molecule has 3 heteroatoms. The Morgan fingerprint density at radius 2 is 1.89 bits per heavy atom. The molecule has 2 heterocycles. The summed E-state index contributed by atoms with van der Waals surface area (Å²) in [6, 6.07) is 11.2. The maximum absolute atomic E-state index is 12.1. The van der Waals surface area contributed by atoms with Gasteiger partial charge in [0.1, 0.15) is 0 Å². The van der Waals surface area contributed by atoms with Crippen molar-refractivity contribution in [2.75, 3.05) is 14.2 Å². The van der Waals surface area contributed by atoms with Gasteiger partial charge in [-0.25, -0.2) is 0 Å². The normalized spacial score (nSPS) is 34.8. The van der Waals surface area contributed by atoms with Crippen molar-refractivity contribution in [3.63, 3.8) is 0 Å². The van der Waals surface area contributed by atoms with Crippen molar-refractivity contribution in [3.05, 3.63) is 35.9 Å². The number of hydrogen-bond donors (Lipinski definition) is 0. The molecule has 0 radical (unpaired) electrons. The molecule has 3 rings (SSSR count). The zero-order valence-corrected chi connectivity index (χ0v) is 10.9. The summed E-state index contributed by atoms with van der Waals surface area (Å²) in [4.78, 5) is 14.5. The smallest absolute Gasteiger partial charge is 0.310 e. The van der Waals surface area contributed by atoms with Crippen LogP contribution >= 0.6 is 0 Å². The maximum atomic E-state index is 12.1. The number of esters is 1. The van der Waals surface area contributed by atoms with Crippen molar-refractivity contribution < 1.29 is 9.53 Å². The summed E-state index contributed by atoms with van der Waals surface area (Å²) in [7, 11) is 3.64. The first-order valence-electron chi connectivity index (χ1n) is 6.58. The fourth-order valence-corrected chi connectivity index (χ4v) is 3.88. The fourth-order valence-electron chi connectivity index (χ4n) is 3.88. The van der Waals surface area contributed by atoms with Crippen LogP contribution in [0.25, 0.3) is 0 Å². The van der Waals surface area contributed by atoms with E-state index in [0.29, 0.717) is 18.0 Å². The number of fused-ring (bicyclic) bond motifs is 2. The lowest BCUT2D eigenvalue weighted by molar-refractivity contribution is -0.147. The Kier molecular flexibility index (Phi) is 2.86. The van der Waals surface area contributed by atoms with Gasteiger partial charge < -0.3 is 4.74 Å². The number of likely N-dealkylation sites (N-methyl/N-ethyl adjacent to an activating group) is 1. The van der Waals surface area contributed by atoms with E-state index >= 15 is 0 Å². The van der Waals surface area contributed by atoms with Crippen LogP contribution in [-0.4, -0.2) is 37.1 Å². The fraction of sp³-hybridized carbons (Fsp3) is 0.533. The van der Waals surface area contributed by atoms with E-state index in [4.69, 9.17) is 4.74 Å². The molecule has 2 aliphatic rings. The quantitative estimate of drug-likeness (QED) is 0.747. The van der Waals surface area contributed by atoms with Gasteiger partial charge in [0, 0.05) is 18.0 Å². The van der Waals surface area contributed by atoms with Crippen molar-refractivity contribution >= 4 is 5.97 Å². The van der Waals surface area contributed by atoms with E-state index < -0.39 is 0 Å². The lowest BCUT2D eigenvalue weighted by Crippen LogP contribution is -2.33. The molecule has 96 valence electrons. The first-order chi connectivity index (χ1) is 8.74. The van der Waals surface area contributed by atoms with Crippen LogP contribution in [0.4, 0.5) is 0 Å². The van der Waals surface area contributed by atoms with Crippen LogP contribution in [0.1, 0.15) is 24.3 Å². The van der Waals surface area contributed by atoms with E-state index in [1.54, 1.807) is 0 Å². The minimum Gasteiger partial charge on any atom is -0.469 e. The predicted octanol–water partition coefficient (Wildman–Crippen LogP) is 2.04. The Morgan fingerprint density at radius 3 is 2.56 bits per heavy atom. The topological polar surface area (TPSA) is 29.5 Å². The van der Waals surface area contributed by atoms with Gasteiger partial charge in [-0.05, 0) is 25.5 Å². The molecule has 0 aromatic heterocycles. The minimum absolute atomic E-state index is 0.00106. The number of ether oxygens (including phenoxy) is 1. The van der Waals surface area contributed by atoms with Gasteiger partial charge in [0.15, 0.2) is 0 Å². The van der Waals surface area contributed by atoms with E-state index in [1.165, 1.54) is 19.1 Å². The highest BCUT2D eigenvalue weighted by Gasteiger charge is 2.55. The zero-order chi connectivity index (χ0) is 12.7. The van der Waals surface area contributed by atoms with Crippen LogP contribution in [-0.2, 0) is 9.53 Å². The highest BCUT2D eigenvalue weighted by molar-refractivity contribution is 5.75. The highest BCUT2D eigenvalue weighted by atomic mass is 16.5. The molecule has 0 spiro atoms. The summed E-state index contributed by atoms with van der Waals surface area (Å²) >= 11 is 0. The molecule has 2 unspecified atom stereocenters. The maximum Gasteiger partial charge on any atom is 0.310 e. The van der Waals surface area contributed by atoms with Gasteiger partial charge in [-0.15, -0.1) is 0 Å². The minimum atomic E-state index is -0.0529. The second-order valence-electron chi connectivity index (χ2n) is 5.36. The molecule has 0 saturated carbocycles. The number of rotatable bonds is 2. The summed E-state index contributed by atoms with van der Waals surface area (Å²) < 4.78 is 5.02. The second-order valence-corrected chi connectivity index (χ2v) is 5.36. The summed E-state index contributed by atoms with van der Waals surface area (Å²) in [5, 5.41) is 0. The van der Waals surface area contributed by atoms with Crippen molar-refractivity contribution in [2.45, 2.75) is 30.8 Å². The van der Waals surface area contributed by atoms with Gasteiger partial charge in [0.05, 0.1) is 13.0 Å². The third kappa shape index (κ3) is 1.57. The molecule has 2 fully saturated rings. The first-order valence-corrected chi connectivity index (χ1v) is 6.58. The summed E-state index contributed by atoms with van der Waals surface area (Å²) in [6.45, 7) is 0. The molecule has 3 nitrogen and oxygen atoms in total. The Labute approximate surface area is 108 Å². The number of carbonyl (C=O) groups excluding carboxylic acids is 1. The standard InChI is InChI=1S/C15H19NO2/c1-16-11-8-9-12(16)14(15(17)18-2)13(11)10-6-4-3-5-7-10/h3-7,11-14H,8-9H2,1-2H3/t11?,12?,13-,14-/m0/s1. The molecular weight excluding hydrogens is 226 g/mol. The van der Waals surface area contributed by atoms with Gasteiger partial charge in [-0.2, -0.15) is 0 Å². The molecule has 2 saturated heterocycles. The summed E-state index contributed by atoms with van der Waals surface area (Å²) in [6.07, 6.45) is 2.30. The van der Waals surface area contributed by atoms with Crippen molar-refractivity contribution in [2.24, 2.45) is 5.92 Å². The predicted molar refractivity (Wildman–Crippen MR) is 69.3 cm³/mol. The Hall–Kier alpha value is -1.35. The van der Waals surface area contributed by atoms with Crippen molar-refractivity contribution in [3.8, 4) is 0 Å². The Balaban J connectivity index is 1.98. The van der Waals surface area contributed by atoms with E-state index in [2.05, 4.69) is 36.2 Å². The molecule has 4 atom stereocenters. The molecular formula is C15H19NO2. The van der Waals surface area contributed by atoms with Crippen LogP contribution in [0.3, 0.4) is 0 Å². The molecule has 0 aliphatic carbocycles. The SMILES string of the molecule is COC(=O)[C@H]1C2CCC([C@@H]1c1ccccc1)N2C. The summed E-state index contributed by atoms with van der Waals surface area (Å²) in [5.41, 5.74) is 1.27. The zero-order valence-electron chi connectivity index (χ0n) is 10.9. The van der Waals surface area contributed by atoms with E-state index in [9.17, 15) is 4.79 Å². The van der Waals surface area contributed by atoms with Gasteiger partial charge >= 0.3 is 5.97 Å². The number of hydrogen-bond acceptors (Lipinski definition) is 3. The first kappa shape index (κ1) is 11.7. The molecule has 0 N–H and O–H groups in total. The average Bonchev–Trinajstić information content (AvgIpc) is 2.92. The van der Waals surface area contributed by atoms with Crippen LogP contribution < -0.4 is 0 Å². The van der Waals surface area contributed by atoms with Gasteiger partial charge in [-0.3, -0.25) is 9.69 Å². The third-order valence-corrected chi connectivity index (χ3v) is 4.68. The van der Waals surface area contributed by atoms with Gasteiger partial charge in [-0.1, -0.05) is 30.3 Å². The summed E-state index contributed by atoms with van der Waals surface area (Å²) in [5.74, 6) is 0.242. The van der Waals surface area contributed by atoms with Crippen LogP contribution in [0.2, 0.25) is 0 Å². The van der Waals surface area contributed by atoms with Crippen LogP contribution in [0, 0.1) is 5.92 Å². The Morgan fingerprint density at radius 1 is 1.22 bits per heavy atom. The average molecular weight is 245 g/mol. The van der Waals surface area contributed by atoms with Gasteiger partial charge in [0.25, 0.3) is 0 Å². The van der Waals surface area contributed by atoms with Crippen LogP contribution in [0.15, 0.2) is 30.3 Å². The highest BCUT2D eigenvalue weighted by Crippen LogP contribution is 2.50.